The second-order valence-electron chi connectivity index (χ2n) is 6.06. The van der Waals surface area contributed by atoms with E-state index in [1.165, 1.54) is 6.42 Å². The summed E-state index contributed by atoms with van der Waals surface area (Å²) in [6.45, 7) is 3.33. The maximum Gasteiger partial charge on any atom is 0.288 e. The molecule has 24 heavy (non-hydrogen) atoms. The Morgan fingerprint density at radius 2 is 1.96 bits per heavy atom. The first-order valence-corrected chi connectivity index (χ1v) is 9.16. The predicted molar refractivity (Wildman–Crippen MR) is 94.6 cm³/mol. The minimum Gasteiger partial charge on any atom is -0.325 e. The minimum absolute atomic E-state index is 0.0575. The van der Waals surface area contributed by atoms with Crippen LogP contribution in [0.2, 0.25) is 0 Å². The number of piperidine rings is 1. The van der Waals surface area contributed by atoms with Crippen LogP contribution < -0.4 is 10.6 Å². The quantitative estimate of drug-likeness (QED) is 0.701. The number of rotatable bonds is 8. The Kier molecular flexibility index (Phi) is 7.94. The highest BCUT2D eigenvalue weighted by atomic mass is 32.2. The SMILES string of the molecule is CNCCC1CCN(CC(=O)Nc2ccc(SC(F)F)cc2)CC1. The van der Waals surface area contributed by atoms with Gasteiger partial charge in [-0.2, -0.15) is 8.78 Å². The van der Waals surface area contributed by atoms with Gasteiger partial charge in [0.25, 0.3) is 5.76 Å². The van der Waals surface area contributed by atoms with Crippen molar-refractivity contribution >= 4 is 23.4 Å². The highest BCUT2D eigenvalue weighted by Gasteiger charge is 2.20. The van der Waals surface area contributed by atoms with E-state index in [-0.39, 0.29) is 5.91 Å². The average Bonchev–Trinajstić information content (AvgIpc) is 2.55. The summed E-state index contributed by atoms with van der Waals surface area (Å²) in [4.78, 5) is 14.8. The van der Waals surface area contributed by atoms with Crippen LogP contribution in [0.1, 0.15) is 19.3 Å². The molecule has 1 heterocycles. The lowest BCUT2D eigenvalue weighted by Crippen LogP contribution is -2.39. The summed E-state index contributed by atoms with van der Waals surface area (Å²) >= 11 is 0.501. The second-order valence-corrected chi connectivity index (χ2v) is 7.13. The fourth-order valence-electron chi connectivity index (χ4n) is 2.91. The molecule has 0 saturated carbocycles. The number of hydrogen-bond donors (Lipinski definition) is 2. The molecule has 0 bridgehead atoms. The van der Waals surface area contributed by atoms with Gasteiger partial charge in [0.15, 0.2) is 0 Å². The van der Waals surface area contributed by atoms with Crippen molar-refractivity contribution in [3.63, 3.8) is 0 Å². The Balaban J connectivity index is 1.71. The number of thioether (sulfide) groups is 1. The third kappa shape index (κ3) is 6.75. The molecule has 1 saturated heterocycles. The van der Waals surface area contributed by atoms with Gasteiger partial charge in [0.1, 0.15) is 0 Å². The summed E-state index contributed by atoms with van der Waals surface area (Å²) in [5.74, 6) is -1.74. The van der Waals surface area contributed by atoms with Gasteiger partial charge in [0, 0.05) is 10.6 Å². The summed E-state index contributed by atoms with van der Waals surface area (Å²) in [7, 11) is 1.97. The number of alkyl halides is 2. The van der Waals surface area contributed by atoms with Crippen LogP contribution in [-0.4, -0.2) is 49.8 Å². The molecule has 1 fully saturated rings. The van der Waals surface area contributed by atoms with Gasteiger partial charge >= 0.3 is 0 Å². The average molecular weight is 357 g/mol. The number of carbonyl (C=O) groups is 1. The van der Waals surface area contributed by atoms with Crippen molar-refractivity contribution in [1.29, 1.82) is 0 Å². The third-order valence-electron chi connectivity index (χ3n) is 4.24. The Labute approximate surface area is 146 Å². The molecule has 0 aromatic heterocycles. The van der Waals surface area contributed by atoms with Crippen molar-refractivity contribution in [2.45, 2.75) is 29.9 Å². The second kappa shape index (κ2) is 9.96. The van der Waals surface area contributed by atoms with Gasteiger partial charge in [-0.25, -0.2) is 0 Å². The highest BCUT2D eigenvalue weighted by molar-refractivity contribution is 7.99. The molecule has 4 nitrogen and oxygen atoms in total. The van der Waals surface area contributed by atoms with Gasteiger partial charge in [-0.05, 0) is 76.1 Å². The Morgan fingerprint density at radius 1 is 1.29 bits per heavy atom. The van der Waals surface area contributed by atoms with Crippen molar-refractivity contribution in [3.8, 4) is 0 Å². The van der Waals surface area contributed by atoms with Crippen LogP contribution in [0.3, 0.4) is 0 Å². The molecule has 0 spiro atoms. The van der Waals surface area contributed by atoms with Crippen LogP contribution >= 0.6 is 11.8 Å². The van der Waals surface area contributed by atoms with Crippen LogP contribution in [0.4, 0.5) is 14.5 Å². The topological polar surface area (TPSA) is 44.4 Å². The van der Waals surface area contributed by atoms with Crippen molar-refractivity contribution in [3.05, 3.63) is 24.3 Å². The van der Waals surface area contributed by atoms with Gasteiger partial charge in [0.05, 0.1) is 6.54 Å². The van der Waals surface area contributed by atoms with Gasteiger partial charge in [-0.1, -0.05) is 11.8 Å². The fraction of sp³-hybridized carbons (Fsp3) is 0.588. The lowest BCUT2D eigenvalue weighted by atomic mass is 9.93. The van der Waals surface area contributed by atoms with E-state index in [1.807, 2.05) is 7.05 Å². The molecule has 1 aliphatic rings. The smallest absolute Gasteiger partial charge is 0.288 e. The summed E-state index contributed by atoms with van der Waals surface area (Å²) < 4.78 is 24.5. The van der Waals surface area contributed by atoms with Crippen molar-refractivity contribution < 1.29 is 13.6 Å². The first-order valence-electron chi connectivity index (χ1n) is 8.28. The standard InChI is InChI=1S/C17H25F2N3OS/c1-20-9-6-13-7-10-22(11-8-13)12-16(23)21-14-2-4-15(5-3-14)24-17(18)19/h2-5,13,17,20H,6-12H2,1H3,(H,21,23). The highest BCUT2D eigenvalue weighted by Crippen LogP contribution is 2.26. The molecule has 1 aliphatic heterocycles. The number of nitrogens with zero attached hydrogens (tertiary/aromatic N) is 1. The van der Waals surface area contributed by atoms with Crippen LogP contribution in [0.15, 0.2) is 29.2 Å². The number of hydrogen-bond acceptors (Lipinski definition) is 4. The van der Waals surface area contributed by atoms with E-state index in [1.54, 1.807) is 24.3 Å². The summed E-state index contributed by atoms with van der Waals surface area (Å²) in [5, 5.41) is 6.01. The zero-order valence-corrected chi connectivity index (χ0v) is 14.7. The zero-order valence-electron chi connectivity index (χ0n) is 13.9. The van der Waals surface area contributed by atoms with E-state index in [2.05, 4.69) is 15.5 Å². The molecule has 0 unspecified atom stereocenters. The van der Waals surface area contributed by atoms with E-state index < -0.39 is 5.76 Å². The fourth-order valence-corrected chi connectivity index (χ4v) is 3.40. The molecular weight excluding hydrogens is 332 g/mol. The number of anilines is 1. The molecule has 134 valence electrons. The lowest BCUT2D eigenvalue weighted by Gasteiger charge is -2.31. The van der Waals surface area contributed by atoms with E-state index >= 15 is 0 Å². The zero-order chi connectivity index (χ0) is 17.4. The van der Waals surface area contributed by atoms with Gasteiger partial charge in [0.2, 0.25) is 5.91 Å². The van der Waals surface area contributed by atoms with Gasteiger partial charge < -0.3 is 10.6 Å². The van der Waals surface area contributed by atoms with Gasteiger partial charge in [-0.3, -0.25) is 9.69 Å². The summed E-state index contributed by atoms with van der Waals surface area (Å²) in [6.07, 6.45) is 3.46. The maximum absolute atomic E-state index is 12.3. The normalized spacial score (nSPS) is 16.5. The molecule has 1 aromatic carbocycles. The molecule has 1 aromatic rings. The Bertz CT molecular complexity index is 505. The van der Waals surface area contributed by atoms with Crippen LogP contribution in [0.5, 0.6) is 0 Å². The first kappa shape index (κ1) is 19.1. The molecule has 2 rings (SSSR count). The van der Waals surface area contributed by atoms with Gasteiger partial charge in [-0.15, -0.1) is 0 Å². The Hall–Kier alpha value is -1.18. The third-order valence-corrected chi connectivity index (χ3v) is 4.96. The molecule has 1 amide bonds. The monoisotopic (exact) mass is 357 g/mol. The van der Waals surface area contributed by atoms with Crippen molar-refractivity contribution in [2.24, 2.45) is 5.92 Å². The predicted octanol–water partition coefficient (Wildman–Crippen LogP) is 3.26. The molecule has 7 heteroatoms. The summed E-state index contributed by atoms with van der Waals surface area (Å²) in [5.41, 5.74) is 0.641. The van der Waals surface area contributed by atoms with E-state index in [0.29, 0.717) is 28.9 Å². The number of halogens is 2. The first-order chi connectivity index (χ1) is 11.6. The van der Waals surface area contributed by atoms with Crippen LogP contribution in [0, 0.1) is 5.92 Å². The van der Waals surface area contributed by atoms with Crippen LogP contribution in [-0.2, 0) is 4.79 Å². The van der Waals surface area contributed by atoms with Crippen molar-refractivity contribution in [2.75, 3.05) is 38.5 Å². The minimum atomic E-state index is -2.43. The number of benzene rings is 1. The Morgan fingerprint density at radius 3 is 2.54 bits per heavy atom. The number of likely N-dealkylation sites (tertiary alicyclic amines) is 1. The largest absolute Gasteiger partial charge is 0.325 e. The maximum atomic E-state index is 12.3. The lowest BCUT2D eigenvalue weighted by molar-refractivity contribution is -0.117. The molecule has 0 radical (unpaired) electrons. The van der Waals surface area contributed by atoms with Crippen molar-refractivity contribution in [1.82, 2.24) is 10.2 Å². The number of nitrogens with one attached hydrogen (secondary N) is 2. The van der Waals surface area contributed by atoms with E-state index in [0.717, 1.165) is 38.4 Å². The van der Waals surface area contributed by atoms with Crippen LogP contribution in [0.25, 0.3) is 0 Å². The van der Waals surface area contributed by atoms with E-state index in [9.17, 15) is 13.6 Å². The number of amides is 1. The number of carbonyl (C=O) groups excluding carboxylic acids is 1. The summed E-state index contributed by atoms with van der Waals surface area (Å²) in [6, 6.07) is 6.51. The molecule has 0 aliphatic carbocycles. The molecule has 2 N–H and O–H groups in total. The van der Waals surface area contributed by atoms with E-state index in [4.69, 9.17) is 0 Å². The molecule has 0 atom stereocenters. The molecular formula is C17H25F2N3OS.